The Morgan fingerprint density at radius 2 is 1.65 bits per heavy atom. The van der Waals surface area contributed by atoms with Crippen LogP contribution in [-0.4, -0.2) is 38.3 Å². The summed E-state index contributed by atoms with van der Waals surface area (Å²) in [5.41, 5.74) is 4.02. The highest BCUT2D eigenvalue weighted by Crippen LogP contribution is 2.38. The van der Waals surface area contributed by atoms with Gasteiger partial charge in [-0.3, -0.25) is 0 Å². The number of phenolic OH excluding ortho intramolecular Hbond substituents is 1. The second kappa shape index (κ2) is 13.0. The fourth-order valence-electron chi connectivity index (χ4n) is 5.64. The van der Waals surface area contributed by atoms with Crippen molar-refractivity contribution < 1.29 is 19.2 Å². The van der Waals surface area contributed by atoms with Crippen LogP contribution in [0.5, 0.6) is 5.75 Å². The van der Waals surface area contributed by atoms with E-state index in [1.165, 1.54) is 15.9 Å². The molecule has 0 aliphatic carbocycles. The first-order valence-corrected chi connectivity index (χ1v) is 15.9. The monoisotopic (exact) mass is 552 g/mol. The van der Waals surface area contributed by atoms with Crippen LogP contribution in [-0.2, 0) is 9.08 Å². The molecule has 1 unspecified atom stereocenters. The fourth-order valence-corrected chi connectivity index (χ4v) is 10.2. The predicted molar refractivity (Wildman–Crippen MR) is 169 cm³/mol. The molecule has 1 aliphatic rings. The number of hydrogen-bond acceptors (Lipinski definition) is 4. The van der Waals surface area contributed by atoms with Crippen molar-refractivity contribution >= 4 is 31.9 Å². The highest BCUT2D eigenvalue weighted by atomic mass is 28.4. The third kappa shape index (κ3) is 6.94. The van der Waals surface area contributed by atoms with Crippen LogP contribution in [0, 0.1) is 0 Å². The number of rotatable bonds is 10. The molecule has 0 bridgehead atoms. The lowest BCUT2D eigenvalue weighted by atomic mass is 9.78. The Kier molecular flexibility index (Phi) is 9.69. The van der Waals surface area contributed by atoms with Crippen molar-refractivity contribution in [3.05, 3.63) is 120 Å². The van der Waals surface area contributed by atoms with Gasteiger partial charge in [-0.05, 0) is 64.0 Å². The van der Waals surface area contributed by atoms with Gasteiger partial charge in [0.2, 0.25) is 0 Å². The van der Waals surface area contributed by atoms with Gasteiger partial charge < -0.3 is 19.2 Å². The standard InChI is InChI=1S/C34H41BO4Si/c1-26(23-28-13-12-14-29(36)24-28)19-20-33-32(21-22-35(37)39-33)27(2)25-38-40(34(3,4)5,30-15-8-6-9-16-30)31-17-10-7-11-18-31/h6-18,21,23-24,33,36-37H,2,19-20,22,25H2,1,3-5H3/b26-23+. The molecule has 208 valence electrons. The molecule has 4 rings (SSSR count). The maximum Gasteiger partial charge on any atom is 0.458 e. The van der Waals surface area contributed by atoms with Crippen molar-refractivity contribution in [1.82, 2.24) is 0 Å². The average Bonchev–Trinajstić information content (AvgIpc) is 2.92. The van der Waals surface area contributed by atoms with E-state index in [0.717, 1.165) is 23.1 Å². The molecule has 40 heavy (non-hydrogen) atoms. The van der Waals surface area contributed by atoms with Gasteiger partial charge in [0, 0.05) is 6.32 Å². The molecule has 3 aromatic rings. The fraction of sp³-hybridized carbons (Fsp3) is 0.294. The molecule has 0 radical (unpaired) electrons. The van der Waals surface area contributed by atoms with E-state index in [1.807, 2.05) is 24.3 Å². The molecule has 1 heterocycles. The number of aromatic hydroxyl groups is 1. The van der Waals surface area contributed by atoms with Gasteiger partial charge in [-0.1, -0.05) is 118 Å². The maximum atomic E-state index is 10.3. The van der Waals surface area contributed by atoms with Crippen LogP contribution >= 0.6 is 0 Å². The van der Waals surface area contributed by atoms with Gasteiger partial charge >= 0.3 is 7.12 Å². The maximum absolute atomic E-state index is 10.3. The van der Waals surface area contributed by atoms with E-state index in [1.54, 1.807) is 12.1 Å². The zero-order valence-corrected chi connectivity index (χ0v) is 25.1. The Hall–Kier alpha value is -3.16. The number of allylic oxidation sites excluding steroid dienone is 2. The predicted octanol–water partition coefficient (Wildman–Crippen LogP) is 6.51. The lowest BCUT2D eigenvalue weighted by Crippen LogP contribution is -2.66. The van der Waals surface area contributed by atoms with Crippen molar-refractivity contribution in [3.63, 3.8) is 0 Å². The summed E-state index contributed by atoms with van der Waals surface area (Å²) in [6.45, 7) is 13.7. The van der Waals surface area contributed by atoms with Crippen LogP contribution in [0.25, 0.3) is 6.08 Å². The Morgan fingerprint density at radius 1 is 1.02 bits per heavy atom. The van der Waals surface area contributed by atoms with E-state index in [4.69, 9.17) is 9.08 Å². The smallest absolute Gasteiger partial charge is 0.458 e. The van der Waals surface area contributed by atoms with Crippen molar-refractivity contribution in [1.29, 1.82) is 0 Å². The van der Waals surface area contributed by atoms with E-state index in [9.17, 15) is 10.1 Å². The normalized spacial score (nSPS) is 16.5. The molecular formula is C34H41BO4Si. The van der Waals surface area contributed by atoms with Crippen LogP contribution in [0.3, 0.4) is 0 Å². The second-order valence-electron chi connectivity index (χ2n) is 11.7. The average molecular weight is 553 g/mol. The molecule has 3 aromatic carbocycles. The molecule has 4 nitrogen and oxygen atoms in total. The summed E-state index contributed by atoms with van der Waals surface area (Å²) < 4.78 is 13.1. The second-order valence-corrected chi connectivity index (χ2v) is 16.0. The third-order valence-corrected chi connectivity index (χ3v) is 12.6. The Balaban J connectivity index is 1.55. The summed E-state index contributed by atoms with van der Waals surface area (Å²) in [7, 11) is -3.53. The van der Waals surface area contributed by atoms with Gasteiger partial charge in [0.15, 0.2) is 0 Å². The molecule has 0 saturated heterocycles. The quantitative estimate of drug-likeness (QED) is 0.282. The summed E-state index contributed by atoms with van der Waals surface area (Å²) in [6.07, 6.45) is 5.79. The van der Waals surface area contributed by atoms with E-state index < -0.39 is 15.4 Å². The summed E-state index contributed by atoms with van der Waals surface area (Å²) in [6, 6.07) is 28.4. The van der Waals surface area contributed by atoms with Gasteiger partial charge in [0.05, 0.1) is 12.7 Å². The minimum Gasteiger partial charge on any atom is -0.508 e. The molecule has 0 fully saturated rings. The van der Waals surface area contributed by atoms with Crippen molar-refractivity contribution in [2.75, 3.05) is 6.61 Å². The first kappa shape index (κ1) is 29.8. The molecule has 1 atom stereocenters. The van der Waals surface area contributed by atoms with Crippen LogP contribution in [0.1, 0.15) is 46.1 Å². The topological polar surface area (TPSA) is 58.9 Å². The highest BCUT2D eigenvalue weighted by molar-refractivity contribution is 6.99. The van der Waals surface area contributed by atoms with Crippen molar-refractivity contribution in [3.8, 4) is 5.75 Å². The van der Waals surface area contributed by atoms with Crippen LogP contribution in [0.2, 0.25) is 11.4 Å². The van der Waals surface area contributed by atoms with E-state index >= 15 is 0 Å². The first-order chi connectivity index (χ1) is 19.1. The zero-order valence-electron chi connectivity index (χ0n) is 24.1. The lowest BCUT2D eigenvalue weighted by Gasteiger charge is -2.43. The van der Waals surface area contributed by atoms with Crippen molar-refractivity contribution in [2.24, 2.45) is 0 Å². The molecule has 2 N–H and O–H groups in total. The van der Waals surface area contributed by atoms with E-state index in [0.29, 0.717) is 19.3 Å². The SMILES string of the molecule is C=C(CO[Si](c1ccccc1)(c1ccccc1)C(C)(C)C)C1=CCB(O)OC1CC/C(C)=C/c1cccc(O)c1. The zero-order chi connectivity index (χ0) is 28.8. The molecule has 0 aromatic heterocycles. The number of benzene rings is 3. The Morgan fingerprint density at radius 3 is 2.23 bits per heavy atom. The molecule has 0 saturated carbocycles. The van der Waals surface area contributed by atoms with Gasteiger partial charge in [-0.15, -0.1) is 0 Å². The summed E-state index contributed by atoms with van der Waals surface area (Å²) in [4.78, 5) is 0. The van der Waals surface area contributed by atoms with E-state index in [-0.39, 0.29) is 16.9 Å². The van der Waals surface area contributed by atoms with Crippen LogP contribution in [0.4, 0.5) is 0 Å². The van der Waals surface area contributed by atoms with Crippen LogP contribution < -0.4 is 10.4 Å². The highest BCUT2D eigenvalue weighted by Gasteiger charge is 2.50. The summed E-state index contributed by atoms with van der Waals surface area (Å²) in [5, 5.41) is 22.4. The third-order valence-electron chi connectivity index (χ3n) is 7.58. The molecule has 6 heteroatoms. The minimum absolute atomic E-state index is 0.128. The first-order valence-electron chi connectivity index (χ1n) is 14.0. The molecule has 1 aliphatic heterocycles. The summed E-state index contributed by atoms with van der Waals surface area (Å²) in [5.74, 6) is 0.252. The van der Waals surface area contributed by atoms with Gasteiger partial charge in [0.25, 0.3) is 8.32 Å². The van der Waals surface area contributed by atoms with Gasteiger partial charge in [-0.2, -0.15) is 0 Å². The Bertz CT molecular complexity index is 1310. The van der Waals surface area contributed by atoms with Crippen LogP contribution in [0.15, 0.2) is 114 Å². The van der Waals surface area contributed by atoms with E-state index in [2.05, 4.69) is 95.0 Å². The summed E-state index contributed by atoms with van der Waals surface area (Å²) >= 11 is 0. The number of hydrogen-bond donors (Lipinski definition) is 2. The lowest BCUT2D eigenvalue weighted by molar-refractivity contribution is 0.181. The van der Waals surface area contributed by atoms with Gasteiger partial charge in [-0.25, -0.2) is 0 Å². The molecular weight excluding hydrogens is 511 g/mol. The number of phenols is 1. The minimum atomic E-state index is -2.70. The molecule has 0 spiro atoms. The van der Waals surface area contributed by atoms with Crippen molar-refractivity contribution in [2.45, 2.75) is 58.0 Å². The molecule has 0 amide bonds. The Labute approximate surface area is 241 Å². The largest absolute Gasteiger partial charge is 0.508 e. The van der Waals surface area contributed by atoms with Gasteiger partial charge in [0.1, 0.15) is 5.75 Å².